The number of fused-ring (bicyclic) bond motifs is 18. The molecule has 0 saturated heterocycles. The van der Waals surface area contributed by atoms with Crippen molar-refractivity contribution in [3.05, 3.63) is 463 Å². The minimum Gasteiger partial charge on any atom is -0.207 e. The predicted octanol–water partition coefficient (Wildman–Crippen LogP) is 32.9. The Labute approximate surface area is 727 Å². The maximum absolute atomic E-state index is 12.9. The smallest absolute Gasteiger partial charge is 0.123 e. The van der Waals surface area contributed by atoms with Gasteiger partial charge in [-0.15, -0.1) is 0 Å². The number of rotatable bonds is 3. The summed E-state index contributed by atoms with van der Waals surface area (Å²) in [5, 5.41) is 0. The van der Waals surface area contributed by atoms with Crippen LogP contribution in [0.25, 0.3) is 100 Å². The van der Waals surface area contributed by atoms with Gasteiger partial charge in [0.05, 0.1) is 0 Å². The van der Waals surface area contributed by atoms with Gasteiger partial charge in [0.1, 0.15) is 5.82 Å². The molecule has 0 unspecified atom stereocenters. The van der Waals surface area contributed by atoms with Crippen LogP contribution in [-0.2, 0) is 32.5 Å². The summed E-state index contributed by atoms with van der Waals surface area (Å²) in [5.41, 5.74) is 51.6. The molecule has 0 bridgehead atoms. The van der Waals surface area contributed by atoms with Gasteiger partial charge in [-0.05, 0) is 251 Å². The Morgan fingerprint density at radius 2 is 0.443 bits per heavy atom. The van der Waals surface area contributed by atoms with Gasteiger partial charge < -0.3 is 0 Å². The van der Waals surface area contributed by atoms with Crippen LogP contribution in [0.2, 0.25) is 0 Å². The van der Waals surface area contributed by atoms with Crippen molar-refractivity contribution in [1.82, 2.24) is 0 Å². The van der Waals surface area contributed by atoms with Gasteiger partial charge in [0.2, 0.25) is 0 Å². The molecule has 22 rings (SSSR count). The summed E-state index contributed by atoms with van der Waals surface area (Å²) in [4.78, 5) is 0. The fraction of sp³-hybridized carbons (Fsp3) is 0.207. The number of aryl methyl sites for hydroxylation is 7. The molecule has 0 amide bonds. The van der Waals surface area contributed by atoms with Crippen molar-refractivity contribution >= 4 is 0 Å². The van der Waals surface area contributed by atoms with E-state index in [0.717, 1.165) is 11.1 Å². The van der Waals surface area contributed by atoms with E-state index in [9.17, 15) is 4.39 Å². The van der Waals surface area contributed by atoms with E-state index >= 15 is 0 Å². The van der Waals surface area contributed by atoms with Crippen molar-refractivity contribution in [1.29, 1.82) is 0 Å². The van der Waals surface area contributed by atoms with E-state index in [-0.39, 0.29) is 38.3 Å². The van der Waals surface area contributed by atoms with Crippen molar-refractivity contribution in [2.45, 2.75) is 164 Å². The Balaban J connectivity index is 0.000000106. The third-order valence-corrected chi connectivity index (χ3v) is 27.2. The van der Waals surface area contributed by atoms with Crippen molar-refractivity contribution in [3.8, 4) is 100 Å². The fourth-order valence-corrected chi connectivity index (χ4v) is 20.4. The Morgan fingerprint density at radius 1 is 0.164 bits per heavy atom. The van der Waals surface area contributed by atoms with E-state index < -0.39 is 0 Å². The molecule has 16 aromatic carbocycles. The summed E-state index contributed by atoms with van der Waals surface area (Å²) in [6, 6.07) is 126. The molecule has 0 radical (unpaired) electrons. The second-order valence-corrected chi connectivity index (χ2v) is 37.7. The van der Waals surface area contributed by atoms with E-state index in [2.05, 4.69) is 428 Å². The average molecular weight is 1590 g/mol. The van der Waals surface area contributed by atoms with Gasteiger partial charge in [-0.3, -0.25) is 0 Å². The summed E-state index contributed by atoms with van der Waals surface area (Å²) in [6.45, 7) is 43.0. The first-order chi connectivity index (χ1) is 58.3. The average Bonchev–Trinajstić information content (AvgIpc) is 1.53. The monoisotopic (exact) mass is 1590 g/mol. The minimum absolute atomic E-state index is 0.0709. The number of hydrogen-bond donors (Lipinski definition) is 0. The first-order valence-electron chi connectivity index (χ1n) is 43.6. The van der Waals surface area contributed by atoms with E-state index in [1.165, 1.54) is 201 Å². The number of hydrogen-bond acceptors (Lipinski definition) is 0. The van der Waals surface area contributed by atoms with E-state index in [0.29, 0.717) is 0 Å². The van der Waals surface area contributed by atoms with E-state index in [1.807, 2.05) is 37.3 Å². The fourth-order valence-electron chi connectivity index (χ4n) is 20.4. The van der Waals surface area contributed by atoms with Crippen molar-refractivity contribution in [2.75, 3.05) is 0 Å². The summed E-state index contributed by atoms with van der Waals surface area (Å²) in [6.07, 6.45) is 0. The van der Waals surface area contributed by atoms with Crippen LogP contribution in [0.3, 0.4) is 0 Å². The molecule has 0 N–H and O–H groups in total. The second-order valence-electron chi connectivity index (χ2n) is 37.7. The van der Waals surface area contributed by atoms with Crippen molar-refractivity contribution in [2.24, 2.45) is 0 Å². The molecule has 0 atom stereocenters. The first kappa shape index (κ1) is 83.1. The summed E-state index contributed by atoms with van der Waals surface area (Å²) >= 11 is 0. The Kier molecular flexibility index (Phi) is 22.3. The van der Waals surface area contributed by atoms with Crippen LogP contribution in [0.5, 0.6) is 0 Å². The van der Waals surface area contributed by atoms with Crippen LogP contribution >= 0.6 is 0 Å². The lowest BCUT2D eigenvalue weighted by Gasteiger charge is -2.23. The predicted molar refractivity (Wildman–Crippen MR) is 520 cm³/mol. The maximum Gasteiger partial charge on any atom is 0.123 e. The lowest BCUT2D eigenvalue weighted by molar-refractivity contribution is 0.628. The molecular weight excluding hydrogens is 1470 g/mol. The summed E-state index contributed by atoms with van der Waals surface area (Å²) in [5.74, 6) is -0.192. The molecule has 122 heavy (non-hydrogen) atoms. The summed E-state index contributed by atoms with van der Waals surface area (Å²) < 4.78 is 12.9. The molecule has 1 heteroatoms. The molecular formula is C121H115F. The molecule has 6 aliphatic rings. The first-order valence-corrected chi connectivity index (χ1v) is 43.6. The van der Waals surface area contributed by atoms with Gasteiger partial charge in [-0.25, -0.2) is 4.39 Å². The highest BCUT2D eigenvalue weighted by molar-refractivity contribution is 5.88. The third kappa shape index (κ3) is 15.4. The SMILES string of the molecule is Cc1ccc(-c2ccc3c(c2)C(C)(C)c2ccccc2-3)cc1.Cc1ccc(-c2cccc(F)c2)cc1.Cc1ccc2c(c1)-c1ccccc1C2(C)C.Cc1ccc2c(c1)C(C)(C)c1cc(-c3ccccc3)ccc1-2.Cc1ccc2c(c1)C(C)(C)c1ccccc1-2.Cc1cccc2c1-c1ccccc1C2(C)C.Cc1cccc2c1C(C)(C)c1ccccc1-2. The largest absolute Gasteiger partial charge is 0.207 e. The zero-order valence-corrected chi connectivity index (χ0v) is 74.9. The highest BCUT2D eigenvalue weighted by Crippen LogP contribution is 2.56. The standard InChI is InChI=1S/2C22H20.4C16H16.C13H11F/c1-15-8-10-16(11-9-15)17-12-13-19-18-6-4-5-7-20(18)22(2,3)21(19)14-17;1-15-9-11-18-19-12-10-17(16-7-5-4-6-8-16)14-21(19)22(2,3)20(18)13-15;1-11-7-6-9-13-12-8-4-5-10-14(12)16(2,3)15(11)13;1-11-7-6-10-14-15(11)12-8-4-5-9-13(12)16(14,2)3;1-11-8-9-15-13(10-11)12-6-4-5-7-14(12)16(15,2)3;1-11-8-9-13-12-6-4-5-7-14(12)16(2,3)15(13)10-11;1-10-5-7-11(8-6-10)12-3-2-4-13(14)9-12/h2*4-14H,1-3H3;4*4-10H,1-3H3;2-9H,1H3. The lowest BCUT2D eigenvalue weighted by Crippen LogP contribution is -2.16. The van der Waals surface area contributed by atoms with Crippen molar-refractivity contribution in [3.63, 3.8) is 0 Å². The highest BCUT2D eigenvalue weighted by atomic mass is 19.1. The van der Waals surface area contributed by atoms with Gasteiger partial charge in [-0.1, -0.05) is 438 Å². The topological polar surface area (TPSA) is 0 Å². The third-order valence-electron chi connectivity index (χ3n) is 27.2. The second kappa shape index (κ2) is 32.8. The quantitative estimate of drug-likeness (QED) is 0.165. The zero-order chi connectivity index (χ0) is 86.0. The molecule has 0 aliphatic heterocycles. The molecule has 0 heterocycles. The number of benzene rings is 16. The Bertz CT molecular complexity index is 6610. The zero-order valence-electron chi connectivity index (χ0n) is 74.9. The van der Waals surface area contributed by atoms with Crippen LogP contribution in [0.15, 0.2) is 352 Å². The molecule has 0 aromatic heterocycles. The van der Waals surface area contributed by atoms with Crippen LogP contribution in [0.1, 0.15) is 189 Å². The summed E-state index contributed by atoms with van der Waals surface area (Å²) in [7, 11) is 0. The Hall–Kier alpha value is -12.6. The van der Waals surface area contributed by atoms with Crippen LogP contribution in [-0.4, -0.2) is 0 Å². The normalized spacial score (nSPS) is 14.6. The maximum atomic E-state index is 12.9. The Morgan fingerprint density at radius 3 is 0.926 bits per heavy atom. The lowest BCUT2D eigenvalue weighted by atomic mass is 9.80. The van der Waals surface area contributed by atoms with E-state index in [1.54, 1.807) is 12.1 Å². The van der Waals surface area contributed by atoms with Crippen molar-refractivity contribution < 1.29 is 4.39 Å². The van der Waals surface area contributed by atoms with Crippen LogP contribution < -0.4 is 0 Å². The minimum atomic E-state index is -0.192. The molecule has 16 aromatic rings. The van der Waals surface area contributed by atoms with Gasteiger partial charge in [-0.2, -0.15) is 0 Å². The van der Waals surface area contributed by atoms with Crippen LogP contribution in [0.4, 0.5) is 4.39 Å². The molecule has 606 valence electrons. The highest BCUT2D eigenvalue weighted by Gasteiger charge is 2.41. The molecule has 0 fully saturated rings. The molecule has 0 spiro atoms. The van der Waals surface area contributed by atoms with Gasteiger partial charge in [0.15, 0.2) is 0 Å². The van der Waals surface area contributed by atoms with Crippen LogP contribution in [0, 0.1) is 54.3 Å². The van der Waals surface area contributed by atoms with Gasteiger partial charge in [0.25, 0.3) is 0 Å². The van der Waals surface area contributed by atoms with Gasteiger partial charge in [0, 0.05) is 32.5 Å². The number of halogens is 1. The molecule has 0 saturated carbocycles. The molecule has 6 aliphatic carbocycles. The van der Waals surface area contributed by atoms with Gasteiger partial charge >= 0.3 is 0 Å². The van der Waals surface area contributed by atoms with E-state index in [4.69, 9.17) is 0 Å². The molecule has 0 nitrogen and oxygen atoms in total.